The Kier molecular flexibility index (Phi) is 5.91. The fraction of sp³-hybridized carbons (Fsp3) is 0.429. The number of urea groups is 1. The highest BCUT2D eigenvalue weighted by atomic mass is 16.2. The van der Waals surface area contributed by atoms with Gasteiger partial charge in [0.1, 0.15) is 0 Å². The molecule has 0 aliphatic heterocycles. The van der Waals surface area contributed by atoms with Crippen LogP contribution in [0.3, 0.4) is 0 Å². The molecule has 0 radical (unpaired) electrons. The Bertz CT molecular complexity index is 404. The summed E-state index contributed by atoms with van der Waals surface area (Å²) >= 11 is 0. The molecule has 0 spiro atoms. The molecule has 1 atom stereocenters. The standard InChI is InChI=1S/C14H21N3O/c1-4-6-13(5-2)17-14(18)16-10-12-7-11(3)8-15-9-12/h4,7-9,13H,1,5-6,10H2,2-3H3,(H2,16,17,18)/t13-/m1/s1. The Hall–Kier alpha value is -1.84. The lowest BCUT2D eigenvalue weighted by molar-refractivity contribution is 0.236. The van der Waals surface area contributed by atoms with Crippen molar-refractivity contribution in [2.45, 2.75) is 39.3 Å². The van der Waals surface area contributed by atoms with Gasteiger partial charge in [0.25, 0.3) is 0 Å². The van der Waals surface area contributed by atoms with Gasteiger partial charge in [-0.05, 0) is 30.9 Å². The van der Waals surface area contributed by atoms with Crippen molar-refractivity contribution in [1.82, 2.24) is 15.6 Å². The number of carbonyl (C=O) groups excluding carboxylic acids is 1. The van der Waals surface area contributed by atoms with Crippen molar-refractivity contribution in [1.29, 1.82) is 0 Å². The molecule has 1 heterocycles. The van der Waals surface area contributed by atoms with E-state index in [4.69, 9.17) is 0 Å². The van der Waals surface area contributed by atoms with Crippen molar-refractivity contribution in [2.24, 2.45) is 0 Å². The van der Waals surface area contributed by atoms with E-state index in [9.17, 15) is 4.79 Å². The Morgan fingerprint density at radius 2 is 2.33 bits per heavy atom. The van der Waals surface area contributed by atoms with Gasteiger partial charge in [-0.3, -0.25) is 4.98 Å². The lowest BCUT2D eigenvalue weighted by Crippen LogP contribution is -2.41. The van der Waals surface area contributed by atoms with Gasteiger partial charge in [0.05, 0.1) is 0 Å². The number of nitrogens with zero attached hydrogens (tertiary/aromatic N) is 1. The second-order valence-corrected chi connectivity index (χ2v) is 4.33. The molecule has 18 heavy (non-hydrogen) atoms. The zero-order valence-corrected chi connectivity index (χ0v) is 11.1. The van der Waals surface area contributed by atoms with Crippen LogP contribution >= 0.6 is 0 Å². The van der Waals surface area contributed by atoms with Crippen LogP contribution in [-0.4, -0.2) is 17.1 Å². The monoisotopic (exact) mass is 247 g/mol. The molecule has 0 aliphatic rings. The Balaban J connectivity index is 2.39. The smallest absolute Gasteiger partial charge is 0.315 e. The van der Waals surface area contributed by atoms with Gasteiger partial charge < -0.3 is 10.6 Å². The summed E-state index contributed by atoms with van der Waals surface area (Å²) in [5.74, 6) is 0. The zero-order chi connectivity index (χ0) is 13.4. The highest BCUT2D eigenvalue weighted by Crippen LogP contribution is 2.01. The van der Waals surface area contributed by atoms with Crippen molar-refractivity contribution in [2.75, 3.05) is 0 Å². The lowest BCUT2D eigenvalue weighted by atomic mass is 10.1. The van der Waals surface area contributed by atoms with Gasteiger partial charge in [-0.15, -0.1) is 6.58 Å². The maximum Gasteiger partial charge on any atom is 0.315 e. The minimum atomic E-state index is -0.148. The van der Waals surface area contributed by atoms with E-state index in [0.717, 1.165) is 24.0 Å². The Labute approximate surface area is 109 Å². The normalized spacial score (nSPS) is 11.7. The van der Waals surface area contributed by atoms with Gasteiger partial charge in [-0.2, -0.15) is 0 Å². The third-order valence-electron chi connectivity index (χ3n) is 2.66. The van der Waals surface area contributed by atoms with Crippen molar-refractivity contribution < 1.29 is 4.79 Å². The number of amides is 2. The van der Waals surface area contributed by atoms with Crippen LogP contribution < -0.4 is 10.6 Å². The quantitative estimate of drug-likeness (QED) is 0.759. The van der Waals surface area contributed by atoms with Crippen LogP contribution in [0.25, 0.3) is 0 Å². The fourth-order valence-electron chi connectivity index (χ4n) is 1.66. The van der Waals surface area contributed by atoms with Crippen LogP contribution in [0.4, 0.5) is 4.79 Å². The largest absolute Gasteiger partial charge is 0.335 e. The molecule has 2 N–H and O–H groups in total. The van der Waals surface area contributed by atoms with Crippen molar-refractivity contribution >= 4 is 6.03 Å². The average Bonchev–Trinajstić information content (AvgIpc) is 2.36. The Morgan fingerprint density at radius 3 is 2.94 bits per heavy atom. The van der Waals surface area contributed by atoms with E-state index in [0.29, 0.717) is 6.54 Å². The number of hydrogen-bond donors (Lipinski definition) is 2. The topological polar surface area (TPSA) is 54.0 Å². The van der Waals surface area contributed by atoms with Gasteiger partial charge in [-0.1, -0.05) is 19.1 Å². The third kappa shape index (κ3) is 4.99. The second-order valence-electron chi connectivity index (χ2n) is 4.33. The van der Waals surface area contributed by atoms with Crippen molar-refractivity contribution in [3.05, 3.63) is 42.2 Å². The molecule has 2 amide bonds. The summed E-state index contributed by atoms with van der Waals surface area (Å²) in [5.41, 5.74) is 2.09. The molecule has 98 valence electrons. The van der Waals surface area contributed by atoms with Crippen molar-refractivity contribution in [3.63, 3.8) is 0 Å². The lowest BCUT2D eigenvalue weighted by Gasteiger charge is -2.15. The first kappa shape index (κ1) is 14.2. The predicted octanol–water partition coefficient (Wildman–Crippen LogP) is 2.54. The molecule has 1 aromatic heterocycles. The summed E-state index contributed by atoms with van der Waals surface area (Å²) < 4.78 is 0. The van der Waals surface area contributed by atoms with Crippen LogP contribution in [0, 0.1) is 6.92 Å². The van der Waals surface area contributed by atoms with Crippen LogP contribution in [-0.2, 0) is 6.54 Å². The summed E-state index contributed by atoms with van der Waals surface area (Å²) in [6.07, 6.45) is 7.05. The summed E-state index contributed by atoms with van der Waals surface area (Å²) in [6, 6.07) is 2.01. The van der Waals surface area contributed by atoms with E-state index in [1.54, 1.807) is 12.4 Å². The third-order valence-corrected chi connectivity index (χ3v) is 2.66. The van der Waals surface area contributed by atoms with Crippen LogP contribution in [0.5, 0.6) is 0 Å². The summed E-state index contributed by atoms with van der Waals surface area (Å²) in [4.78, 5) is 15.8. The highest BCUT2D eigenvalue weighted by Gasteiger charge is 2.08. The van der Waals surface area contributed by atoms with Crippen LogP contribution in [0.1, 0.15) is 30.9 Å². The molecule has 0 fully saturated rings. The first-order chi connectivity index (χ1) is 8.65. The number of aryl methyl sites for hydroxylation is 1. The minimum absolute atomic E-state index is 0.148. The van der Waals surface area contributed by atoms with Gasteiger partial charge in [0.15, 0.2) is 0 Å². The molecule has 0 saturated heterocycles. The molecule has 0 saturated carbocycles. The number of aromatic nitrogens is 1. The van der Waals surface area contributed by atoms with Gasteiger partial charge in [0, 0.05) is 25.0 Å². The number of nitrogens with one attached hydrogen (secondary N) is 2. The summed E-state index contributed by atoms with van der Waals surface area (Å²) in [7, 11) is 0. The Morgan fingerprint density at radius 1 is 1.56 bits per heavy atom. The van der Waals surface area contributed by atoms with Gasteiger partial charge in [-0.25, -0.2) is 4.79 Å². The van der Waals surface area contributed by atoms with E-state index in [1.165, 1.54) is 0 Å². The zero-order valence-electron chi connectivity index (χ0n) is 11.1. The molecule has 0 aromatic carbocycles. The average molecular weight is 247 g/mol. The number of pyridine rings is 1. The molecule has 0 aliphatic carbocycles. The van der Waals surface area contributed by atoms with Crippen LogP contribution in [0.15, 0.2) is 31.1 Å². The first-order valence-corrected chi connectivity index (χ1v) is 6.21. The first-order valence-electron chi connectivity index (χ1n) is 6.21. The molecular weight excluding hydrogens is 226 g/mol. The van der Waals surface area contributed by atoms with E-state index >= 15 is 0 Å². The van der Waals surface area contributed by atoms with Crippen molar-refractivity contribution in [3.8, 4) is 0 Å². The SMILES string of the molecule is C=CC[C@@H](CC)NC(=O)NCc1cncc(C)c1. The molecule has 1 aromatic rings. The van der Waals surface area contributed by atoms with E-state index < -0.39 is 0 Å². The molecule has 0 bridgehead atoms. The predicted molar refractivity (Wildman–Crippen MR) is 73.2 cm³/mol. The molecule has 0 unspecified atom stereocenters. The van der Waals surface area contributed by atoms with E-state index in [1.807, 2.05) is 26.0 Å². The number of rotatable bonds is 6. The van der Waals surface area contributed by atoms with E-state index in [2.05, 4.69) is 22.2 Å². The van der Waals surface area contributed by atoms with Gasteiger partial charge in [0.2, 0.25) is 0 Å². The van der Waals surface area contributed by atoms with E-state index in [-0.39, 0.29) is 12.1 Å². The second kappa shape index (κ2) is 7.48. The maximum atomic E-state index is 11.7. The fourth-order valence-corrected chi connectivity index (χ4v) is 1.66. The molecule has 4 heteroatoms. The number of carbonyl (C=O) groups is 1. The molecule has 1 rings (SSSR count). The van der Waals surface area contributed by atoms with Crippen LogP contribution in [0.2, 0.25) is 0 Å². The number of hydrogen-bond acceptors (Lipinski definition) is 2. The summed E-state index contributed by atoms with van der Waals surface area (Å²) in [6.45, 7) is 8.19. The molecule has 4 nitrogen and oxygen atoms in total. The maximum absolute atomic E-state index is 11.7. The summed E-state index contributed by atoms with van der Waals surface area (Å²) in [5, 5.41) is 5.74. The molecular formula is C14H21N3O. The highest BCUT2D eigenvalue weighted by molar-refractivity contribution is 5.74. The van der Waals surface area contributed by atoms with Gasteiger partial charge >= 0.3 is 6.03 Å². The minimum Gasteiger partial charge on any atom is -0.335 e.